The summed E-state index contributed by atoms with van der Waals surface area (Å²) < 4.78 is 0. The van der Waals surface area contributed by atoms with Gasteiger partial charge in [0.05, 0.1) is 11.0 Å². The normalized spacial score (nSPS) is 9.44. The van der Waals surface area contributed by atoms with Crippen LogP contribution in [0.3, 0.4) is 0 Å². The Balaban J connectivity index is 0.000000606. The van der Waals surface area contributed by atoms with E-state index in [4.69, 9.17) is 0 Å². The molecular weight excluding hydrogens is 204 g/mol. The second kappa shape index (κ2) is 5.21. The molecule has 0 aliphatic heterocycles. The van der Waals surface area contributed by atoms with Gasteiger partial charge in [-0.1, -0.05) is 26.0 Å². The first-order chi connectivity index (χ1) is 7.68. The molecule has 2 aromatic rings. The lowest BCUT2D eigenvalue weighted by molar-refractivity contribution is 0.101. The van der Waals surface area contributed by atoms with Gasteiger partial charge < -0.3 is 4.98 Å². The van der Waals surface area contributed by atoms with Crippen LogP contribution in [0.15, 0.2) is 29.1 Å². The molecule has 0 saturated heterocycles. The molecule has 0 aliphatic carbocycles. The third-order valence-corrected chi connectivity index (χ3v) is 1.93. The van der Waals surface area contributed by atoms with Crippen LogP contribution in [-0.2, 0) is 0 Å². The number of rotatable bonds is 1. The first kappa shape index (κ1) is 12.1. The molecule has 0 amide bonds. The number of para-hydroxylation sites is 2. The van der Waals surface area contributed by atoms with E-state index in [0.717, 1.165) is 0 Å². The van der Waals surface area contributed by atoms with Crippen molar-refractivity contribution in [3.63, 3.8) is 0 Å². The van der Waals surface area contributed by atoms with Crippen molar-refractivity contribution >= 4 is 16.8 Å². The van der Waals surface area contributed by atoms with Crippen molar-refractivity contribution in [3.8, 4) is 0 Å². The average molecular weight is 218 g/mol. The van der Waals surface area contributed by atoms with E-state index in [1.807, 2.05) is 13.8 Å². The highest BCUT2D eigenvalue weighted by Crippen LogP contribution is 2.05. The van der Waals surface area contributed by atoms with E-state index in [0.29, 0.717) is 11.0 Å². The van der Waals surface area contributed by atoms with E-state index < -0.39 is 5.56 Å². The maximum atomic E-state index is 11.3. The largest absolute Gasteiger partial charge is 0.319 e. The number of aromatic nitrogens is 2. The molecule has 1 N–H and O–H groups in total. The van der Waals surface area contributed by atoms with Gasteiger partial charge in [0.15, 0.2) is 11.5 Å². The molecule has 1 aromatic heterocycles. The molecule has 84 valence electrons. The van der Waals surface area contributed by atoms with Gasteiger partial charge in [-0.15, -0.1) is 0 Å². The summed E-state index contributed by atoms with van der Waals surface area (Å²) in [5.41, 5.74) is 0.791. The molecule has 0 radical (unpaired) electrons. The van der Waals surface area contributed by atoms with Crippen LogP contribution in [0.5, 0.6) is 0 Å². The zero-order chi connectivity index (χ0) is 12.1. The molecule has 0 spiro atoms. The van der Waals surface area contributed by atoms with E-state index in [9.17, 15) is 9.59 Å². The molecule has 0 fully saturated rings. The number of ketones is 1. The number of H-pyrrole nitrogens is 1. The molecule has 0 atom stereocenters. The van der Waals surface area contributed by atoms with Gasteiger partial charge >= 0.3 is 0 Å². The van der Waals surface area contributed by atoms with Crippen molar-refractivity contribution in [2.75, 3.05) is 0 Å². The summed E-state index contributed by atoms with van der Waals surface area (Å²) in [5.74, 6) is -0.322. The van der Waals surface area contributed by atoms with Gasteiger partial charge in [-0.2, -0.15) is 0 Å². The zero-order valence-electron chi connectivity index (χ0n) is 9.57. The molecular formula is C12H14N2O2. The molecule has 0 unspecified atom stereocenters. The molecule has 1 aromatic carbocycles. The number of aromatic amines is 1. The molecule has 4 heteroatoms. The Morgan fingerprint density at radius 3 is 2.50 bits per heavy atom. The number of fused-ring (bicyclic) bond motifs is 1. The van der Waals surface area contributed by atoms with Crippen LogP contribution in [0.4, 0.5) is 0 Å². The van der Waals surface area contributed by atoms with Crippen LogP contribution in [0.2, 0.25) is 0 Å². The fraction of sp³-hybridized carbons (Fsp3) is 0.250. The van der Waals surface area contributed by atoms with Gasteiger partial charge in [0.1, 0.15) is 0 Å². The Labute approximate surface area is 93.3 Å². The highest BCUT2D eigenvalue weighted by Gasteiger charge is 2.07. The van der Waals surface area contributed by atoms with Crippen LogP contribution >= 0.6 is 0 Å². The topological polar surface area (TPSA) is 62.8 Å². The number of carbonyl (C=O) groups is 1. The zero-order valence-corrected chi connectivity index (χ0v) is 9.57. The lowest BCUT2D eigenvalue weighted by Crippen LogP contribution is -2.18. The standard InChI is InChI=1S/C10H8N2O2.C2H6/c1-6(13)9-10(14)12-8-5-3-2-4-7(8)11-9;1-2/h2-5H,1H3,(H,12,14);1-2H3. The maximum absolute atomic E-state index is 11.3. The average Bonchev–Trinajstić information content (AvgIpc) is 2.30. The second-order valence-corrected chi connectivity index (χ2v) is 2.99. The number of benzene rings is 1. The second-order valence-electron chi connectivity index (χ2n) is 2.99. The third kappa shape index (κ3) is 2.34. The Bertz CT molecular complexity index is 558. The number of Topliss-reactive ketones (excluding diaryl/α,β-unsaturated/α-hetero) is 1. The van der Waals surface area contributed by atoms with E-state index in [-0.39, 0.29) is 11.5 Å². The number of nitrogens with one attached hydrogen (secondary N) is 1. The lowest BCUT2D eigenvalue weighted by Gasteiger charge is -1.98. The monoisotopic (exact) mass is 218 g/mol. The molecule has 1 heterocycles. The summed E-state index contributed by atoms with van der Waals surface area (Å²) in [6.07, 6.45) is 0. The first-order valence-corrected chi connectivity index (χ1v) is 5.18. The lowest BCUT2D eigenvalue weighted by atomic mass is 10.2. The molecule has 0 saturated carbocycles. The van der Waals surface area contributed by atoms with Crippen LogP contribution in [-0.4, -0.2) is 15.8 Å². The summed E-state index contributed by atoms with van der Waals surface area (Å²) >= 11 is 0. The molecule has 16 heavy (non-hydrogen) atoms. The van der Waals surface area contributed by atoms with Gasteiger partial charge in [0, 0.05) is 6.92 Å². The minimum absolute atomic E-state index is 0.0382. The number of hydrogen-bond donors (Lipinski definition) is 1. The SMILES string of the molecule is CC.CC(=O)c1nc2ccccc2[nH]c1=O. The van der Waals surface area contributed by atoms with Crippen molar-refractivity contribution in [2.24, 2.45) is 0 Å². The summed E-state index contributed by atoms with van der Waals surface area (Å²) in [6, 6.07) is 7.09. The predicted molar refractivity (Wildman–Crippen MR) is 63.7 cm³/mol. The van der Waals surface area contributed by atoms with Crippen LogP contribution < -0.4 is 5.56 Å². The Morgan fingerprint density at radius 2 is 1.88 bits per heavy atom. The smallest absolute Gasteiger partial charge is 0.278 e. The molecule has 0 bridgehead atoms. The van der Waals surface area contributed by atoms with Crippen molar-refractivity contribution in [1.82, 2.24) is 9.97 Å². The summed E-state index contributed by atoms with van der Waals surface area (Å²) in [5, 5.41) is 0. The maximum Gasteiger partial charge on any atom is 0.278 e. The first-order valence-electron chi connectivity index (χ1n) is 5.18. The molecule has 0 aliphatic rings. The molecule has 2 rings (SSSR count). The predicted octanol–water partition coefficient (Wildman–Crippen LogP) is 2.15. The fourth-order valence-electron chi connectivity index (χ4n) is 1.27. The van der Waals surface area contributed by atoms with Gasteiger partial charge in [0.25, 0.3) is 5.56 Å². The van der Waals surface area contributed by atoms with Crippen molar-refractivity contribution in [1.29, 1.82) is 0 Å². The van der Waals surface area contributed by atoms with Gasteiger partial charge in [-0.3, -0.25) is 9.59 Å². The van der Waals surface area contributed by atoms with Crippen LogP contribution in [0.25, 0.3) is 11.0 Å². The molecule has 4 nitrogen and oxygen atoms in total. The minimum atomic E-state index is -0.434. The van der Waals surface area contributed by atoms with E-state index in [2.05, 4.69) is 9.97 Å². The summed E-state index contributed by atoms with van der Waals surface area (Å²) in [7, 11) is 0. The Kier molecular flexibility index (Phi) is 3.94. The van der Waals surface area contributed by atoms with E-state index in [1.165, 1.54) is 6.92 Å². The van der Waals surface area contributed by atoms with E-state index in [1.54, 1.807) is 24.3 Å². The van der Waals surface area contributed by atoms with Crippen molar-refractivity contribution in [3.05, 3.63) is 40.3 Å². The van der Waals surface area contributed by atoms with Gasteiger partial charge in [-0.05, 0) is 12.1 Å². The number of nitrogens with zero attached hydrogens (tertiary/aromatic N) is 1. The van der Waals surface area contributed by atoms with Crippen LogP contribution in [0.1, 0.15) is 31.3 Å². The van der Waals surface area contributed by atoms with Crippen LogP contribution in [0, 0.1) is 0 Å². The van der Waals surface area contributed by atoms with Crippen molar-refractivity contribution < 1.29 is 4.79 Å². The Morgan fingerprint density at radius 1 is 1.25 bits per heavy atom. The van der Waals surface area contributed by atoms with E-state index >= 15 is 0 Å². The van der Waals surface area contributed by atoms with Gasteiger partial charge in [-0.25, -0.2) is 4.98 Å². The quantitative estimate of drug-likeness (QED) is 0.746. The highest BCUT2D eigenvalue weighted by atomic mass is 16.1. The Hall–Kier alpha value is -1.97. The summed E-state index contributed by atoms with van der Waals surface area (Å²) in [6.45, 7) is 5.33. The highest BCUT2D eigenvalue weighted by molar-refractivity contribution is 5.93. The van der Waals surface area contributed by atoms with Gasteiger partial charge in [0.2, 0.25) is 0 Å². The minimum Gasteiger partial charge on any atom is -0.319 e. The number of carbonyl (C=O) groups excluding carboxylic acids is 1. The fourth-order valence-corrected chi connectivity index (χ4v) is 1.27. The third-order valence-electron chi connectivity index (χ3n) is 1.93. The number of hydrogen-bond acceptors (Lipinski definition) is 3. The van der Waals surface area contributed by atoms with Crippen molar-refractivity contribution in [2.45, 2.75) is 20.8 Å². The summed E-state index contributed by atoms with van der Waals surface area (Å²) in [4.78, 5) is 28.9.